The van der Waals surface area contributed by atoms with Crippen LogP contribution in [0, 0.1) is 0 Å². The van der Waals surface area contributed by atoms with Gasteiger partial charge in [0.2, 0.25) is 0 Å². The first-order valence-corrected chi connectivity index (χ1v) is 6.17. The monoisotopic (exact) mass is 240 g/mol. The Balaban J connectivity index is 1.78. The van der Waals surface area contributed by atoms with Crippen LogP contribution in [-0.2, 0) is 0 Å². The predicted molar refractivity (Wildman–Crippen MR) is 74.1 cm³/mol. The van der Waals surface area contributed by atoms with Gasteiger partial charge in [-0.2, -0.15) is 0 Å². The Hall–Kier alpha value is -2.16. The zero-order valence-electron chi connectivity index (χ0n) is 10.2. The van der Waals surface area contributed by atoms with Crippen molar-refractivity contribution < 1.29 is 5.11 Å². The van der Waals surface area contributed by atoms with Gasteiger partial charge in [-0.05, 0) is 24.3 Å². The van der Waals surface area contributed by atoms with Gasteiger partial charge in [0, 0.05) is 18.8 Å². The van der Waals surface area contributed by atoms with E-state index in [1.165, 1.54) is 5.69 Å². The lowest BCUT2D eigenvalue weighted by atomic mass is 10.3. The van der Waals surface area contributed by atoms with Crippen LogP contribution >= 0.6 is 0 Å². The molecule has 0 bridgehead atoms. The van der Waals surface area contributed by atoms with E-state index in [9.17, 15) is 5.11 Å². The summed E-state index contributed by atoms with van der Waals surface area (Å²) in [4.78, 5) is 4.51. The highest BCUT2D eigenvalue weighted by Crippen LogP contribution is 2.29. The third-order valence-corrected chi connectivity index (χ3v) is 3.33. The molecule has 0 aliphatic carbocycles. The van der Waals surface area contributed by atoms with E-state index < -0.39 is 0 Å². The van der Waals surface area contributed by atoms with Crippen molar-refractivity contribution >= 4 is 11.4 Å². The lowest BCUT2D eigenvalue weighted by Gasteiger charge is -2.21. The minimum absolute atomic E-state index is 0.354. The number of hydrogen-bond donors (Lipinski definition) is 1. The fourth-order valence-electron chi connectivity index (χ4n) is 2.37. The standard InChI is InChI=1S/C15H16N2O/c18-15-9-5-4-8-14(15)17-11-10-16(12-17)13-6-2-1-3-7-13/h1-9,18H,10-12H2. The molecule has 0 aromatic heterocycles. The Morgan fingerprint density at radius 2 is 1.44 bits per heavy atom. The molecule has 1 N–H and O–H groups in total. The number of phenols is 1. The summed E-state index contributed by atoms with van der Waals surface area (Å²) in [5.74, 6) is 0.354. The molecule has 0 radical (unpaired) electrons. The molecule has 18 heavy (non-hydrogen) atoms. The van der Waals surface area contributed by atoms with E-state index in [2.05, 4.69) is 34.1 Å². The topological polar surface area (TPSA) is 26.7 Å². The van der Waals surface area contributed by atoms with Crippen LogP contribution in [0.3, 0.4) is 0 Å². The number of hydrogen-bond acceptors (Lipinski definition) is 3. The van der Waals surface area contributed by atoms with Crippen molar-refractivity contribution in [3.05, 3.63) is 54.6 Å². The summed E-state index contributed by atoms with van der Waals surface area (Å²) in [6.45, 7) is 2.74. The van der Waals surface area contributed by atoms with Crippen LogP contribution in [0.15, 0.2) is 54.6 Å². The van der Waals surface area contributed by atoms with Crippen LogP contribution in [0.2, 0.25) is 0 Å². The molecule has 3 nitrogen and oxygen atoms in total. The number of benzene rings is 2. The van der Waals surface area contributed by atoms with Gasteiger partial charge in [-0.3, -0.25) is 0 Å². The first kappa shape index (κ1) is 11.0. The number of aromatic hydroxyl groups is 1. The predicted octanol–water partition coefficient (Wildman–Crippen LogP) is 2.68. The summed E-state index contributed by atoms with van der Waals surface area (Å²) >= 11 is 0. The van der Waals surface area contributed by atoms with Gasteiger partial charge < -0.3 is 14.9 Å². The fourth-order valence-corrected chi connectivity index (χ4v) is 2.37. The molecule has 0 amide bonds. The van der Waals surface area contributed by atoms with Crippen molar-refractivity contribution in [3.63, 3.8) is 0 Å². The van der Waals surface area contributed by atoms with Crippen molar-refractivity contribution in [2.45, 2.75) is 0 Å². The first-order chi connectivity index (χ1) is 8.84. The average Bonchev–Trinajstić information content (AvgIpc) is 2.90. The van der Waals surface area contributed by atoms with Crippen LogP contribution in [0.1, 0.15) is 0 Å². The van der Waals surface area contributed by atoms with E-state index in [1.54, 1.807) is 6.07 Å². The molecule has 1 aliphatic rings. The first-order valence-electron chi connectivity index (χ1n) is 6.17. The van der Waals surface area contributed by atoms with E-state index in [0.29, 0.717) is 5.75 Å². The zero-order valence-corrected chi connectivity index (χ0v) is 10.2. The van der Waals surface area contributed by atoms with Crippen LogP contribution in [-0.4, -0.2) is 24.9 Å². The van der Waals surface area contributed by atoms with Gasteiger partial charge in [0.25, 0.3) is 0 Å². The zero-order chi connectivity index (χ0) is 12.4. The average molecular weight is 240 g/mol. The second kappa shape index (κ2) is 4.61. The maximum absolute atomic E-state index is 9.87. The molecule has 92 valence electrons. The van der Waals surface area contributed by atoms with Crippen LogP contribution < -0.4 is 9.80 Å². The molecule has 0 spiro atoms. The Kier molecular flexibility index (Phi) is 2.81. The minimum Gasteiger partial charge on any atom is -0.506 e. The molecule has 1 heterocycles. The number of rotatable bonds is 2. The lowest BCUT2D eigenvalue weighted by Crippen LogP contribution is -2.24. The minimum atomic E-state index is 0.354. The molecule has 1 aliphatic heterocycles. The van der Waals surface area contributed by atoms with E-state index in [-0.39, 0.29) is 0 Å². The molecule has 1 saturated heterocycles. The summed E-state index contributed by atoms with van der Waals surface area (Å²) in [7, 11) is 0. The highest BCUT2D eigenvalue weighted by atomic mass is 16.3. The number of phenolic OH excluding ortho intramolecular Hbond substituents is 1. The van der Waals surface area contributed by atoms with E-state index in [4.69, 9.17) is 0 Å². The van der Waals surface area contributed by atoms with Crippen molar-refractivity contribution in [2.24, 2.45) is 0 Å². The van der Waals surface area contributed by atoms with Gasteiger partial charge in [-0.15, -0.1) is 0 Å². The number of nitrogens with zero attached hydrogens (tertiary/aromatic N) is 2. The van der Waals surface area contributed by atoms with Crippen LogP contribution in [0.25, 0.3) is 0 Å². The van der Waals surface area contributed by atoms with Crippen LogP contribution in [0.5, 0.6) is 5.75 Å². The number of anilines is 2. The van der Waals surface area contributed by atoms with Gasteiger partial charge in [0.1, 0.15) is 5.75 Å². The summed E-state index contributed by atoms with van der Waals surface area (Å²) in [5.41, 5.74) is 2.14. The van der Waals surface area contributed by atoms with Gasteiger partial charge in [0.15, 0.2) is 0 Å². The molecule has 0 atom stereocenters. The maximum Gasteiger partial charge on any atom is 0.138 e. The highest BCUT2D eigenvalue weighted by Gasteiger charge is 2.21. The maximum atomic E-state index is 9.87. The van der Waals surface area contributed by atoms with Crippen LogP contribution in [0.4, 0.5) is 11.4 Å². The second-order valence-corrected chi connectivity index (χ2v) is 4.49. The van der Waals surface area contributed by atoms with Crippen molar-refractivity contribution in [3.8, 4) is 5.75 Å². The summed E-state index contributed by atoms with van der Waals surface area (Å²) in [6, 6.07) is 17.9. The molecule has 2 aromatic rings. The summed E-state index contributed by atoms with van der Waals surface area (Å²) in [6.07, 6.45) is 0. The van der Waals surface area contributed by atoms with E-state index in [1.807, 2.05) is 24.3 Å². The second-order valence-electron chi connectivity index (χ2n) is 4.49. The lowest BCUT2D eigenvalue weighted by molar-refractivity contribution is 0.475. The molecule has 1 fully saturated rings. The number of para-hydroxylation sites is 3. The van der Waals surface area contributed by atoms with E-state index in [0.717, 1.165) is 25.4 Å². The third kappa shape index (κ3) is 1.99. The molecule has 3 rings (SSSR count). The Labute approximate surface area is 107 Å². The normalized spacial score (nSPS) is 15.1. The summed E-state index contributed by atoms with van der Waals surface area (Å²) < 4.78 is 0. The molecule has 3 heteroatoms. The van der Waals surface area contributed by atoms with Crippen molar-refractivity contribution in [2.75, 3.05) is 29.6 Å². The van der Waals surface area contributed by atoms with Crippen molar-refractivity contribution in [1.29, 1.82) is 0 Å². The molecule has 2 aromatic carbocycles. The molecular weight excluding hydrogens is 224 g/mol. The largest absolute Gasteiger partial charge is 0.506 e. The quantitative estimate of drug-likeness (QED) is 0.874. The van der Waals surface area contributed by atoms with Gasteiger partial charge in [0.05, 0.1) is 12.4 Å². The molecule has 0 unspecified atom stereocenters. The van der Waals surface area contributed by atoms with E-state index >= 15 is 0 Å². The molecule has 0 saturated carbocycles. The van der Waals surface area contributed by atoms with Gasteiger partial charge in [-0.25, -0.2) is 0 Å². The Bertz CT molecular complexity index is 527. The third-order valence-electron chi connectivity index (χ3n) is 3.33. The van der Waals surface area contributed by atoms with Crippen molar-refractivity contribution in [1.82, 2.24) is 0 Å². The molecular formula is C15H16N2O. The van der Waals surface area contributed by atoms with Gasteiger partial charge >= 0.3 is 0 Å². The SMILES string of the molecule is Oc1ccccc1N1CCN(c2ccccc2)C1. The smallest absolute Gasteiger partial charge is 0.138 e. The Morgan fingerprint density at radius 3 is 2.22 bits per heavy atom. The summed E-state index contributed by atoms with van der Waals surface area (Å²) in [5, 5.41) is 9.87. The highest BCUT2D eigenvalue weighted by molar-refractivity contribution is 5.61. The fraction of sp³-hybridized carbons (Fsp3) is 0.200. The Morgan fingerprint density at radius 1 is 0.778 bits per heavy atom. The van der Waals surface area contributed by atoms with Gasteiger partial charge in [-0.1, -0.05) is 30.3 Å².